The van der Waals surface area contributed by atoms with Crippen LogP contribution in [-0.2, 0) is 0 Å². The van der Waals surface area contributed by atoms with Crippen LogP contribution in [0.1, 0.15) is 46.0 Å². The Morgan fingerprint density at radius 1 is 0.704 bits per heavy atom. The highest BCUT2D eigenvalue weighted by Crippen LogP contribution is 2.50. The third kappa shape index (κ3) is 5.97. The Labute approximate surface area is 183 Å². The number of halogens is 2. The summed E-state index contributed by atoms with van der Waals surface area (Å²) in [5.74, 6) is 0. The van der Waals surface area contributed by atoms with Crippen LogP contribution in [-0.4, -0.2) is 30.9 Å². The van der Waals surface area contributed by atoms with Crippen LogP contribution in [0, 0.1) is 0 Å². The van der Waals surface area contributed by atoms with Gasteiger partial charge in [0.15, 0.2) is 14.8 Å². The van der Waals surface area contributed by atoms with Crippen LogP contribution in [0.2, 0.25) is 62.7 Å². The minimum atomic E-state index is -1.71. The molecule has 0 spiro atoms. The molecule has 0 aromatic rings. The summed E-state index contributed by atoms with van der Waals surface area (Å²) < 4.78 is 0. The van der Waals surface area contributed by atoms with Gasteiger partial charge in [-0.1, -0.05) is 114 Å². The average molecular weight is 480 g/mol. The van der Waals surface area contributed by atoms with Gasteiger partial charge in [-0.3, -0.25) is 0 Å². The Hall–Kier alpha value is 0.928. The predicted molar refractivity (Wildman–Crippen MR) is 140 cm³/mol. The maximum Gasteiger partial charge on any atom is 0.151 e. The topological polar surface area (TPSA) is 0 Å². The van der Waals surface area contributed by atoms with Crippen molar-refractivity contribution in [1.29, 1.82) is 0 Å². The molecule has 0 aromatic heterocycles. The zero-order valence-corrected chi connectivity index (χ0v) is 25.1. The van der Waals surface area contributed by atoms with Crippen molar-refractivity contribution in [1.82, 2.24) is 0 Å². The fourth-order valence-corrected chi connectivity index (χ4v) is 35.6. The van der Waals surface area contributed by atoms with Crippen LogP contribution in [0.5, 0.6) is 0 Å². The van der Waals surface area contributed by atoms with Crippen LogP contribution in [0.15, 0.2) is 22.5 Å². The van der Waals surface area contributed by atoms with Gasteiger partial charge in [-0.15, -0.1) is 0 Å². The molecule has 2 unspecified atom stereocenters. The van der Waals surface area contributed by atoms with E-state index in [0.717, 1.165) is 16.7 Å². The molecule has 1 aliphatic carbocycles. The lowest BCUT2D eigenvalue weighted by molar-refractivity contribution is 0.817. The molecule has 0 N–H and O–H groups in total. The van der Waals surface area contributed by atoms with Crippen molar-refractivity contribution in [3.63, 3.8) is 0 Å². The van der Waals surface area contributed by atoms with E-state index in [-0.39, 0.29) is 0 Å². The smallest absolute Gasteiger partial charge is 0.151 e. The van der Waals surface area contributed by atoms with Gasteiger partial charge in [-0.25, -0.2) is 0 Å². The Bertz CT molecular complexity index is 516. The zero-order valence-electron chi connectivity index (χ0n) is 19.6. The molecule has 158 valence electrons. The molecule has 1 aliphatic rings. The molecule has 0 fully saturated rings. The lowest BCUT2D eigenvalue weighted by atomic mass is 10.4. The fourth-order valence-electron chi connectivity index (χ4n) is 5.81. The van der Waals surface area contributed by atoms with Crippen LogP contribution >= 0.6 is 22.2 Å². The monoisotopic (exact) mass is 478 g/mol. The molecule has 0 nitrogen and oxygen atoms in total. The lowest BCUT2D eigenvalue weighted by Crippen LogP contribution is -2.52. The lowest BCUT2D eigenvalue weighted by Gasteiger charge is -2.46. The molecule has 6 heteroatoms. The van der Waals surface area contributed by atoms with Gasteiger partial charge >= 0.3 is 0 Å². The summed E-state index contributed by atoms with van der Waals surface area (Å²) in [6, 6.07) is 0. The number of hydrogen-bond donors (Lipinski definition) is 0. The van der Waals surface area contributed by atoms with Gasteiger partial charge in [0.2, 0.25) is 0 Å². The molecular formula is C21H44Cl2Si4. The third-order valence-electron chi connectivity index (χ3n) is 6.88. The zero-order chi connectivity index (χ0) is 21.3. The number of rotatable bonds is 10. The Kier molecular flexibility index (Phi) is 9.02. The van der Waals surface area contributed by atoms with Crippen molar-refractivity contribution in [2.75, 3.05) is 0 Å². The Balaban J connectivity index is 3.37. The first-order chi connectivity index (χ1) is 12.1. The molecule has 0 bridgehead atoms. The molecule has 0 amide bonds. The molecular weight excluding hydrogens is 435 g/mol. The minimum Gasteiger partial charge on any atom is -0.168 e. The summed E-state index contributed by atoms with van der Waals surface area (Å²) in [7, 11) is -6.68. The quantitative estimate of drug-likeness (QED) is 0.216. The third-order valence-corrected chi connectivity index (χ3v) is 30.1. The molecule has 2 atom stereocenters. The molecule has 1 rings (SSSR count). The van der Waals surface area contributed by atoms with Crippen LogP contribution in [0.25, 0.3) is 0 Å². The van der Waals surface area contributed by atoms with E-state index < -0.39 is 30.9 Å². The SMILES string of the molecule is CCCC([Si](C)(C)Cl)[Si](C)(C)C1=CCC=C1[Si](C)(C)C(CCC)[Si](C)(C)Cl. The summed E-state index contributed by atoms with van der Waals surface area (Å²) in [4.78, 5) is 0. The van der Waals surface area contributed by atoms with Gasteiger partial charge in [0, 0.05) is 0 Å². The highest BCUT2D eigenvalue weighted by atomic mass is 35.6. The van der Waals surface area contributed by atoms with Crippen molar-refractivity contribution in [3.8, 4) is 0 Å². The van der Waals surface area contributed by atoms with E-state index in [9.17, 15) is 0 Å². The first-order valence-corrected chi connectivity index (χ1v) is 25.2. The molecule has 0 aliphatic heterocycles. The molecule has 0 heterocycles. The number of allylic oxidation sites excluding steroid dienone is 4. The van der Waals surface area contributed by atoms with Gasteiger partial charge < -0.3 is 0 Å². The molecule has 0 aromatic carbocycles. The van der Waals surface area contributed by atoms with Crippen LogP contribution in [0.3, 0.4) is 0 Å². The highest BCUT2D eigenvalue weighted by Gasteiger charge is 2.51. The van der Waals surface area contributed by atoms with Crippen molar-refractivity contribution in [2.45, 2.75) is 109 Å². The second-order valence-corrected chi connectivity index (χ2v) is 34.7. The summed E-state index contributed by atoms with van der Waals surface area (Å²) in [6.07, 6.45) is 11.4. The summed E-state index contributed by atoms with van der Waals surface area (Å²) in [5, 5.41) is 4.99. The first kappa shape index (κ1) is 26.0. The van der Waals surface area contributed by atoms with Crippen molar-refractivity contribution < 1.29 is 0 Å². The second kappa shape index (κ2) is 9.38. The largest absolute Gasteiger partial charge is 0.168 e. The van der Waals surface area contributed by atoms with Gasteiger partial charge in [0.25, 0.3) is 0 Å². The normalized spacial score (nSPS) is 19.0. The Morgan fingerprint density at radius 2 is 1.00 bits per heavy atom. The van der Waals surface area contributed by atoms with Crippen molar-refractivity contribution >= 4 is 53.1 Å². The highest BCUT2D eigenvalue weighted by molar-refractivity contribution is 7.26. The molecule has 27 heavy (non-hydrogen) atoms. The maximum absolute atomic E-state index is 7.11. The Morgan fingerprint density at radius 3 is 1.22 bits per heavy atom. The summed E-state index contributed by atoms with van der Waals surface area (Å²) in [6.45, 7) is 24.6. The van der Waals surface area contributed by atoms with Crippen molar-refractivity contribution in [2.24, 2.45) is 0 Å². The summed E-state index contributed by atoms with van der Waals surface area (Å²) in [5.41, 5.74) is 0. The van der Waals surface area contributed by atoms with E-state index in [1.54, 1.807) is 10.4 Å². The molecule has 0 radical (unpaired) electrons. The van der Waals surface area contributed by atoms with Crippen LogP contribution in [0.4, 0.5) is 0 Å². The summed E-state index contributed by atoms with van der Waals surface area (Å²) >= 11 is 14.2. The number of hydrogen-bond acceptors (Lipinski definition) is 0. The van der Waals surface area contributed by atoms with Gasteiger partial charge in [-0.2, -0.15) is 22.2 Å². The van der Waals surface area contributed by atoms with E-state index in [2.05, 4.69) is 78.4 Å². The molecule has 0 saturated carbocycles. The maximum atomic E-state index is 7.11. The van der Waals surface area contributed by atoms with E-state index in [1.807, 2.05) is 0 Å². The first-order valence-electron chi connectivity index (χ1n) is 10.9. The predicted octanol–water partition coefficient (Wildman–Crippen LogP) is 9.04. The van der Waals surface area contributed by atoms with Crippen molar-refractivity contribution in [3.05, 3.63) is 22.5 Å². The molecule has 0 saturated heterocycles. The van der Waals surface area contributed by atoms with E-state index in [1.165, 1.54) is 25.7 Å². The minimum absolute atomic E-state index is 0.736. The average Bonchev–Trinajstić information content (AvgIpc) is 2.98. The van der Waals surface area contributed by atoms with E-state index in [0.29, 0.717) is 0 Å². The van der Waals surface area contributed by atoms with Gasteiger partial charge in [0.05, 0.1) is 16.1 Å². The second-order valence-electron chi connectivity index (χ2n) is 10.7. The van der Waals surface area contributed by atoms with Gasteiger partial charge in [0.1, 0.15) is 0 Å². The van der Waals surface area contributed by atoms with E-state index in [4.69, 9.17) is 22.2 Å². The van der Waals surface area contributed by atoms with Gasteiger partial charge in [-0.05, 0) is 16.7 Å². The van der Waals surface area contributed by atoms with Crippen LogP contribution < -0.4 is 0 Å². The fraction of sp³-hybridized carbons (Fsp3) is 0.810. The van der Waals surface area contributed by atoms with E-state index >= 15 is 0 Å². The standard InChI is InChI=1S/C21H44Cl2Si4/c1-11-14-20(26(7,8)22)24(3,4)18-16-13-17-19(18)25(5,6)21(15-12-2)27(9,10)23/h16-17,20-21H,11-15H2,1-10H3.